The number of carbonyl (C=O) groups excluding carboxylic acids is 1. The molecule has 0 spiro atoms. The lowest BCUT2D eigenvalue weighted by Crippen LogP contribution is -2.31. The fourth-order valence-electron chi connectivity index (χ4n) is 1.31. The number of nitrogens with two attached hydrogens (primary N) is 1. The zero-order chi connectivity index (χ0) is 12.1. The standard InChI is InChI=1S/C10H18N4O2/c1-3-13(2)10(16)5-14-7-12-4-9(14)8(11)6-15/h4,7-8,15H,3,5-6,11H2,1-2H3. The first-order valence-corrected chi connectivity index (χ1v) is 5.20. The molecule has 0 aliphatic carbocycles. The van der Waals surface area contributed by atoms with Crippen molar-refractivity contribution >= 4 is 5.91 Å². The van der Waals surface area contributed by atoms with Crippen molar-refractivity contribution in [2.75, 3.05) is 20.2 Å². The molecule has 0 aromatic carbocycles. The zero-order valence-corrected chi connectivity index (χ0v) is 9.63. The van der Waals surface area contributed by atoms with Gasteiger partial charge < -0.3 is 20.3 Å². The zero-order valence-electron chi connectivity index (χ0n) is 9.63. The maximum atomic E-state index is 11.7. The van der Waals surface area contributed by atoms with Crippen LogP contribution in [0.3, 0.4) is 0 Å². The summed E-state index contributed by atoms with van der Waals surface area (Å²) in [6.07, 6.45) is 3.12. The molecule has 0 aliphatic heterocycles. The maximum absolute atomic E-state index is 11.7. The van der Waals surface area contributed by atoms with Crippen molar-refractivity contribution < 1.29 is 9.90 Å². The van der Waals surface area contributed by atoms with E-state index in [4.69, 9.17) is 10.8 Å². The number of aromatic nitrogens is 2. The van der Waals surface area contributed by atoms with Crippen LogP contribution >= 0.6 is 0 Å². The van der Waals surface area contributed by atoms with Crippen LogP contribution in [0.15, 0.2) is 12.5 Å². The number of aliphatic hydroxyl groups excluding tert-OH is 1. The Morgan fingerprint density at radius 2 is 2.44 bits per heavy atom. The molecule has 1 aromatic heterocycles. The third-order valence-electron chi connectivity index (χ3n) is 2.53. The SMILES string of the molecule is CCN(C)C(=O)Cn1cncc1C(N)CO. The minimum atomic E-state index is -0.498. The van der Waals surface area contributed by atoms with E-state index in [2.05, 4.69) is 4.98 Å². The second kappa shape index (κ2) is 5.62. The summed E-state index contributed by atoms with van der Waals surface area (Å²) < 4.78 is 1.66. The summed E-state index contributed by atoms with van der Waals surface area (Å²) in [6, 6.07) is -0.498. The molecule has 0 saturated heterocycles. The number of amides is 1. The summed E-state index contributed by atoms with van der Waals surface area (Å²) in [5.41, 5.74) is 6.36. The topological polar surface area (TPSA) is 84.4 Å². The van der Waals surface area contributed by atoms with Gasteiger partial charge in [-0.15, -0.1) is 0 Å². The van der Waals surface area contributed by atoms with Gasteiger partial charge in [0.2, 0.25) is 5.91 Å². The molecule has 0 bridgehead atoms. The van der Waals surface area contributed by atoms with Crippen LogP contribution in [0.25, 0.3) is 0 Å². The highest BCUT2D eigenvalue weighted by Crippen LogP contribution is 2.09. The van der Waals surface area contributed by atoms with Crippen LogP contribution in [0.4, 0.5) is 0 Å². The fraction of sp³-hybridized carbons (Fsp3) is 0.600. The Hall–Kier alpha value is -1.40. The molecule has 1 aromatic rings. The Morgan fingerprint density at radius 1 is 1.75 bits per heavy atom. The molecular weight excluding hydrogens is 208 g/mol. The molecule has 16 heavy (non-hydrogen) atoms. The van der Waals surface area contributed by atoms with Gasteiger partial charge >= 0.3 is 0 Å². The summed E-state index contributed by atoms with van der Waals surface area (Å²) in [5.74, 6) is -0.00751. The van der Waals surface area contributed by atoms with Crippen molar-refractivity contribution in [3.05, 3.63) is 18.2 Å². The van der Waals surface area contributed by atoms with Gasteiger partial charge in [0, 0.05) is 19.8 Å². The summed E-state index contributed by atoms with van der Waals surface area (Å²) in [5, 5.41) is 8.96. The molecule has 6 nitrogen and oxygen atoms in total. The molecule has 0 aliphatic rings. The fourth-order valence-corrected chi connectivity index (χ4v) is 1.31. The Morgan fingerprint density at radius 3 is 3.00 bits per heavy atom. The number of aliphatic hydroxyl groups is 1. The van der Waals surface area contributed by atoms with Crippen molar-refractivity contribution in [2.45, 2.75) is 19.5 Å². The van der Waals surface area contributed by atoms with Crippen LogP contribution in [0.5, 0.6) is 0 Å². The first-order valence-electron chi connectivity index (χ1n) is 5.20. The number of hydrogen-bond donors (Lipinski definition) is 2. The van der Waals surface area contributed by atoms with Gasteiger partial charge in [-0.05, 0) is 6.92 Å². The number of hydrogen-bond acceptors (Lipinski definition) is 4. The van der Waals surface area contributed by atoms with Gasteiger partial charge in [-0.3, -0.25) is 4.79 Å². The number of nitrogens with zero attached hydrogens (tertiary/aromatic N) is 3. The lowest BCUT2D eigenvalue weighted by Gasteiger charge is -2.17. The van der Waals surface area contributed by atoms with Crippen LogP contribution in [-0.4, -0.2) is 45.7 Å². The van der Waals surface area contributed by atoms with E-state index in [9.17, 15) is 4.79 Å². The Labute approximate surface area is 94.7 Å². The van der Waals surface area contributed by atoms with Gasteiger partial charge in [-0.1, -0.05) is 0 Å². The normalized spacial score (nSPS) is 12.5. The van der Waals surface area contributed by atoms with E-state index in [0.717, 1.165) is 0 Å². The predicted octanol–water partition coefficient (Wildman–Crippen LogP) is -0.646. The van der Waals surface area contributed by atoms with Gasteiger partial charge in [0.15, 0.2) is 0 Å². The summed E-state index contributed by atoms with van der Waals surface area (Å²) in [4.78, 5) is 17.2. The average molecular weight is 226 g/mol. The molecule has 0 radical (unpaired) electrons. The summed E-state index contributed by atoms with van der Waals surface area (Å²) in [7, 11) is 1.74. The Kier molecular flexibility index (Phi) is 4.45. The van der Waals surface area contributed by atoms with Gasteiger partial charge in [0.05, 0.1) is 24.7 Å². The quantitative estimate of drug-likeness (QED) is 0.699. The van der Waals surface area contributed by atoms with Crippen LogP contribution in [0.2, 0.25) is 0 Å². The minimum Gasteiger partial charge on any atom is -0.394 e. The predicted molar refractivity (Wildman–Crippen MR) is 59.6 cm³/mol. The van der Waals surface area contributed by atoms with E-state index in [0.29, 0.717) is 12.2 Å². The molecule has 1 atom stereocenters. The molecule has 1 rings (SSSR count). The highest BCUT2D eigenvalue weighted by atomic mass is 16.3. The van der Waals surface area contributed by atoms with Gasteiger partial charge in [-0.2, -0.15) is 0 Å². The molecular formula is C10H18N4O2. The van der Waals surface area contributed by atoms with E-state index < -0.39 is 6.04 Å². The molecule has 0 saturated carbocycles. The van der Waals surface area contributed by atoms with Crippen molar-refractivity contribution in [3.8, 4) is 0 Å². The molecule has 3 N–H and O–H groups in total. The highest BCUT2D eigenvalue weighted by Gasteiger charge is 2.14. The third-order valence-corrected chi connectivity index (χ3v) is 2.53. The Bertz CT molecular complexity index is 350. The van der Waals surface area contributed by atoms with Gasteiger partial charge in [-0.25, -0.2) is 4.98 Å². The second-order valence-electron chi connectivity index (χ2n) is 3.64. The number of likely N-dealkylation sites (N-methyl/N-ethyl adjacent to an activating group) is 1. The van der Waals surface area contributed by atoms with Crippen LogP contribution in [0.1, 0.15) is 18.7 Å². The third kappa shape index (κ3) is 2.80. The highest BCUT2D eigenvalue weighted by molar-refractivity contribution is 5.75. The van der Waals surface area contributed by atoms with Crippen LogP contribution in [0, 0.1) is 0 Å². The van der Waals surface area contributed by atoms with E-state index in [1.807, 2.05) is 6.92 Å². The van der Waals surface area contributed by atoms with E-state index in [1.54, 1.807) is 29.0 Å². The molecule has 6 heteroatoms. The Balaban J connectivity index is 2.74. The van der Waals surface area contributed by atoms with Crippen molar-refractivity contribution in [2.24, 2.45) is 5.73 Å². The van der Waals surface area contributed by atoms with Crippen molar-refractivity contribution in [1.82, 2.24) is 14.5 Å². The van der Waals surface area contributed by atoms with E-state index in [-0.39, 0.29) is 19.1 Å². The maximum Gasteiger partial charge on any atom is 0.242 e. The average Bonchev–Trinajstić information content (AvgIpc) is 2.74. The number of carbonyl (C=O) groups is 1. The van der Waals surface area contributed by atoms with Crippen molar-refractivity contribution in [1.29, 1.82) is 0 Å². The number of rotatable bonds is 5. The molecule has 1 amide bonds. The van der Waals surface area contributed by atoms with Gasteiger partial charge in [0.1, 0.15) is 6.54 Å². The summed E-state index contributed by atoms with van der Waals surface area (Å²) in [6.45, 7) is 2.61. The lowest BCUT2D eigenvalue weighted by molar-refractivity contribution is -0.130. The smallest absolute Gasteiger partial charge is 0.242 e. The van der Waals surface area contributed by atoms with Gasteiger partial charge in [0.25, 0.3) is 0 Å². The largest absolute Gasteiger partial charge is 0.394 e. The molecule has 1 heterocycles. The summed E-state index contributed by atoms with van der Waals surface area (Å²) >= 11 is 0. The van der Waals surface area contributed by atoms with Crippen LogP contribution < -0.4 is 5.73 Å². The first-order chi connectivity index (χ1) is 7.60. The minimum absolute atomic E-state index is 0.00751. The monoisotopic (exact) mass is 226 g/mol. The van der Waals surface area contributed by atoms with Crippen LogP contribution in [-0.2, 0) is 11.3 Å². The van der Waals surface area contributed by atoms with E-state index >= 15 is 0 Å². The molecule has 90 valence electrons. The number of imidazole rings is 1. The first kappa shape index (κ1) is 12.7. The molecule has 0 fully saturated rings. The molecule has 1 unspecified atom stereocenters. The van der Waals surface area contributed by atoms with Crippen molar-refractivity contribution in [3.63, 3.8) is 0 Å². The lowest BCUT2D eigenvalue weighted by atomic mass is 10.2. The van der Waals surface area contributed by atoms with E-state index in [1.165, 1.54) is 0 Å². The second-order valence-corrected chi connectivity index (χ2v) is 3.64.